The van der Waals surface area contributed by atoms with Crippen LogP contribution in [0.5, 0.6) is 0 Å². The lowest BCUT2D eigenvalue weighted by molar-refractivity contribution is -0.122. The van der Waals surface area contributed by atoms with Gasteiger partial charge in [-0.15, -0.1) is 0 Å². The minimum atomic E-state index is -0.535. The Morgan fingerprint density at radius 1 is 1.07 bits per heavy atom. The summed E-state index contributed by atoms with van der Waals surface area (Å²) in [7, 11) is 0. The molecule has 0 spiro atoms. The molecule has 0 atom stereocenters. The van der Waals surface area contributed by atoms with Crippen LogP contribution in [0, 0.1) is 0 Å². The molecule has 2 aromatic heterocycles. The van der Waals surface area contributed by atoms with Gasteiger partial charge in [-0.3, -0.25) is 14.2 Å². The summed E-state index contributed by atoms with van der Waals surface area (Å²) in [6, 6.07) is 9.52. The molecular formula is C21H27N5O3. The molecule has 0 aliphatic carbocycles. The molecule has 154 valence electrons. The standard InChI is InChI=1S/C21H27N5O3/c1-4-16(5-2)23-17(27)13-26-20(28)18-19(22-14-24(18)6-3)25(21(26)29)12-15-10-8-7-9-11-15/h7-11,14,16H,4-6,12-13H2,1-3H3,(H,23,27). The van der Waals surface area contributed by atoms with Gasteiger partial charge in [0.1, 0.15) is 6.54 Å². The van der Waals surface area contributed by atoms with Gasteiger partial charge in [-0.05, 0) is 25.3 Å². The van der Waals surface area contributed by atoms with Crippen molar-refractivity contribution < 1.29 is 4.79 Å². The Hall–Kier alpha value is -3.16. The number of hydrogen-bond acceptors (Lipinski definition) is 4. The highest BCUT2D eigenvalue weighted by Crippen LogP contribution is 2.09. The van der Waals surface area contributed by atoms with Crippen molar-refractivity contribution in [1.29, 1.82) is 0 Å². The number of fused-ring (bicyclic) bond motifs is 1. The maximum absolute atomic E-state index is 13.2. The van der Waals surface area contributed by atoms with Crippen molar-refractivity contribution in [2.24, 2.45) is 0 Å². The third-order valence-electron chi connectivity index (χ3n) is 5.16. The van der Waals surface area contributed by atoms with Crippen LogP contribution < -0.4 is 16.6 Å². The predicted octanol–water partition coefficient (Wildman–Crippen LogP) is 1.73. The number of nitrogens with one attached hydrogen (secondary N) is 1. The number of hydrogen-bond donors (Lipinski definition) is 1. The number of amides is 1. The highest BCUT2D eigenvalue weighted by molar-refractivity contribution is 5.77. The van der Waals surface area contributed by atoms with Crippen molar-refractivity contribution in [2.75, 3.05) is 0 Å². The van der Waals surface area contributed by atoms with E-state index >= 15 is 0 Å². The van der Waals surface area contributed by atoms with E-state index in [9.17, 15) is 14.4 Å². The molecule has 1 amide bonds. The first-order chi connectivity index (χ1) is 14.0. The second kappa shape index (κ2) is 8.89. The molecule has 0 aliphatic heterocycles. The fourth-order valence-electron chi connectivity index (χ4n) is 3.44. The Balaban J connectivity index is 2.10. The van der Waals surface area contributed by atoms with Crippen LogP contribution in [0.15, 0.2) is 46.2 Å². The smallest absolute Gasteiger partial charge is 0.333 e. The van der Waals surface area contributed by atoms with Crippen molar-refractivity contribution in [1.82, 2.24) is 24.0 Å². The second-order valence-corrected chi connectivity index (χ2v) is 7.03. The first-order valence-electron chi connectivity index (χ1n) is 10.0. The molecule has 0 bridgehead atoms. The Morgan fingerprint density at radius 3 is 2.38 bits per heavy atom. The van der Waals surface area contributed by atoms with Gasteiger partial charge in [-0.2, -0.15) is 0 Å². The van der Waals surface area contributed by atoms with Crippen LogP contribution in [0.4, 0.5) is 0 Å². The molecule has 1 N–H and O–H groups in total. The molecule has 8 heteroatoms. The van der Waals surface area contributed by atoms with E-state index in [-0.39, 0.29) is 25.0 Å². The molecule has 0 fully saturated rings. The summed E-state index contributed by atoms with van der Waals surface area (Å²) in [6.45, 7) is 6.37. The van der Waals surface area contributed by atoms with E-state index in [0.717, 1.165) is 23.0 Å². The molecular weight excluding hydrogens is 370 g/mol. The maximum atomic E-state index is 13.2. The molecule has 1 aromatic carbocycles. The van der Waals surface area contributed by atoms with Crippen LogP contribution in [0.1, 0.15) is 39.2 Å². The SMILES string of the molecule is CCC(CC)NC(=O)Cn1c(=O)c2c(ncn2CC)n(Cc2ccccc2)c1=O. The number of carbonyl (C=O) groups excluding carboxylic acids is 1. The maximum Gasteiger partial charge on any atom is 0.333 e. The van der Waals surface area contributed by atoms with Gasteiger partial charge in [0, 0.05) is 12.6 Å². The van der Waals surface area contributed by atoms with Gasteiger partial charge in [0.15, 0.2) is 11.2 Å². The molecule has 3 aromatic rings. The zero-order chi connectivity index (χ0) is 21.0. The number of aromatic nitrogens is 4. The summed E-state index contributed by atoms with van der Waals surface area (Å²) < 4.78 is 4.17. The number of aryl methyl sites for hydroxylation is 1. The molecule has 29 heavy (non-hydrogen) atoms. The van der Waals surface area contributed by atoms with Gasteiger partial charge in [-0.25, -0.2) is 14.3 Å². The van der Waals surface area contributed by atoms with E-state index in [1.54, 1.807) is 10.9 Å². The largest absolute Gasteiger partial charge is 0.352 e. The third-order valence-corrected chi connectivity index (χ3v) is 5.16. The second-order valence-electron chi connectivity index (χ2n) is 7.03. The van der Waals surface area contributed by atoms with Crippen LogP contribution in [-0.4, -0.2) is 30.6 Å². The van der Waals surface area contributed by atoms with Crippen molar-refractivity contribution in [3.63, 3.8) is 0 Å². The third kappa shape index (κ3) is 4.16. The molecule has 0 unspecified atom stereocenters. The minimum Gasteiger partial charge on any atom is -0.352 e. The Labute approximate surface area is 168 Å². The average Bonchev–Trinajstić information content (AvgIpc) is 3.17. The van der Waals surface area contributed by atoms with E-state index in [2.05, 4.69) is 10.3 Å². The van der Waals surface area contributed by atoms with Crippen molar-refractivity contribution in [3.8, 4) is 0 Å². The molecule has 3 rings (SSSR count). The summed E-state index contributed by atoms with van der Waals surface area (Å²) in [5.41, 5.74) is 0.551. The van der Waals surface area contributed by atoms with Crippen molar-refractivity contribution >= 4 is 17.1 Å². The van der Waals surface area contributed by atoms with Gasteiger partial charge in [-0.1, -0.05) is 44.2 Å². The zero-order valence-electron chi connectivity index (χ0n) is 17.1. The molecule has 0 saturated carbocycles. The summed E-state index contributed by atoms with van der Waals surface area (Å²) in [4.78, 5) is 43.0. The summed E-state index contributed by atoms with van der Waals surface area (Å²) in [5.74, 6) is -0.342. The molecule has 2 heterocycles. The normalized spacial score (nSPS) is 11.3. The number of imidazole rings is 1. The average molecular weight is 397 g/mol. The van der Waals surface area contributed by atoms with E-state index < -0.39 is 11.2 Å². The van der Waals surface area contributed by atoms with Gasteiger partial charge in [0.25, 0.3) is 5.56 Å². The van der Waals surface area contributed by atoms with Crippen LogP contribution >= 0.6 is 0 Å². The van der Waals surface area contributed by atoms with E-state index in [1.165, 1.54) is 4.57 Å². The highest BCUT2D eigenvalue weighted by atomic mass is 16.2. The lowest BCUT2D eigenvalue weighted by atomic mass is 10.2. The summed E-state index contributed by atoms with van der Waals surface area (Å²) in [6.07, 6.45) is 3.13. The lowest BCUT2D eigenvalue weighted by Crippen LogP contribution is -2.46. The summed E-state index contributed by atoms with van der Waals surface area (Å²) >= 11 is 0. The zero-order valence-corrected chi connectivity index (χ0v) is 17.1. The van der Waals surface area contributed by atoms with E-state index in [1.807, 2.05) is 51.1 Å². The van der Waals surface area contributed by atoms with Crippen LogP contribution in [0.3, 0.4) is 0 Å². The highest BCUT2D eigenvalue weighted by Gasteiger charge is 2.20. The van der Waals surface area contributed by atoms with Gasteiger partial charge >= 0.3 is 5.69 Å². The minimum absolute atomic E-state index is 0.0228. The van der Waals surface area contributed by atoms with Crippen LogP contribution in [0.25, 0.3) is 11.2 Å². The monoisotopic (exact) mass is 397 g/mol. The lowest BCUT2D eigenvalue weighted by Gasteiger charge is -2.16. The Bertz CT molecular complexity index is 1110. The topological polar surface area (TPSA) is 90.9 Å². The Kier molecular flexibility index (Phi) is 6.31. The van der Waals surface area contributed by atoms with Crippen molar-refractivity contribution in [2.45, 2.75) is 59.3 Å². The fourth-order valence-corrected chi connectivity index (χ4v) is 3.44. The van der Waals surface area contributed by atoms with Crippen LogP contribution in [-0.2, 0) is 24.4 Å². The van der Waals surface area contributed by atoms with Crippen LogP contribution in [0.2, 0.25) is 0 Å². The first-order valence-corrected chi connectivity index (χ1v) is 10.0. The van der Waals surface area contributed by atoms with Gasteiger partial charge in [0.05, 0.1) is 12.9 Å². The number of carbonyl (C=O) groups is 1. The first kappa shape index (κ1) is 20.6. The van der Waals surface area contributed by atoms with Gasteiger partial charge < -0.3 is 9.88 Å². The quantitative estimate of drug-likeness (QED) is 0.627. The number of benzene rings is 1. The van der Waals surface area contributed by atoms with E-state index in [4.69, 9.17) is 0 Å². The Morgan fingerprint density at radius 2 is 1.76 bits per heavy atom. The molecule has 0 radical (unpaired) electrons. The van der Waals surface area contributed by atoms with Crippen molar-refractivity contribution in [3.05, 3.63) is 63.1 Å². The molecule has 0 saturated heterocycles. The molecule has 8 nitrogen and oxygen atoms in total. The molecule has 0 aliphatic rings. The van der Waals surface area contributed by atoms with Gasteiger partial charge in [0.2, 0.25) is 5.91 Å². The number of rotatable bonds is 8. The van der Waals surface area contributed by atoms with E-state index in [0.29, 0.717) is 17.7 Å². The fraction of sp³-hybridized carbons (Fsp3) is 0.429. The summed E-state index contributed by atoms with van der Waals surface area (Å²) in [5, 5.41) is 2.89. The number of nitrogens with zero attached hydrogens (tertiary/aromatic N) is 4. The predicted molar refractivity (Wildman–Crippen MR) is 112 cm³/mol.